The summed E-state index contributed by atoms with van der Waals surface area (Å²) < 4.78 is 13.4. The Morgan fingerprint density at radius 1 is 1.50 bits per heavy atom. The molecule has 0 bridgehead atoms. The van der Waals surface area contributed by atoms with Gasteiger partial charge in [-0.3, -0.25) is 4.90 Å². The summed E-state index contributed by atoms with van der Waals surface area (Å²) in [6.07, 6.45) is 1.31. The molecule has 1 saturated carbocycles. The van der Waals surface area contributed by atoms with Crippen LogP contribution >= 0.6 is 0 Å². The van der Waals surface area contributed by atoms with Gasteiger partial charge in [-0.2, -0.15) is 0 Å². The van der Waals surface area contributed by atoms with Crippen molar-refractivity contribution in [1.82, 2.24) is 4.90 Å². The summed E-state index contributed by atoms with van der Waals surface area (Å²) in [7, 11) is 2.09. The normalized spacial score (nSPS) is 24.3. The standard InChI is InChI=1S/C15H23FN2/c1-10-4-5-13(16)7-14(10)15(8-17)18(3)9-12-6-11(12)2/h4-5,7,11-12,15H,6,8-9,17H2,1-3H3. The van der Waals surface area contributed by atoms with Crippen LogP contribution in [0.3, 0.4) is 0 Å². The molecule has 3 atom stereocenters. The molecule has 0 saturated heterocycles. The summed E-state index contributed by atoms with van der Waals surface area (Å²) in [6.45, 7) is 5.88. The maximum Gasteiger partial charge on any atom is 0.123 e. The van der Waals surface area contributed by atoms with E-state index in [1.54, 1.807) is 6.07 Å². The number of halogens is 1. The van der Waals surface area contributed by atoms with Crippen LogP contribution in [-0.4, -0.2) is 25.0 Å². The SMILES string of the molecule is Cc1ccc(F)cc1C(CN)N(C)CC1CC1C. The van der Waals surface area contributed by atoms with E-state index in [2.05, 4.69) is 18.9 Å². The second-order valence-electron chi connectivity index (χ2n) is 5.67. The van der Waals surface area contributed by atoms with Crippen LogP contribution in [0.5, 0.6) is 0 Å². The Kier molecular flexibility index (Phi) is 4.03. The molecule has 1 aliphatic carbocycles. The van der Waals surface area contributed by atoms with Crippen molar-refractivity contribution in [3.05, 3.63) is 35.1 Å². The van der Waals surface area contributed by atoms with E-state index in [0.717, 1.165) is 29.5 Å². The van der Waals surface area contributed by atoms with Gasteiger partial charge in [0.15, 0.2) is 0 Å². The molecule has 2 rings (SSSR count). The predicted octanol–water partition coefficient (Wildman–Crippen LogP) is 2.72. The van der Waals surface area contributed by atoms with Gasteiger partial charge in [0.1, 0.15) is 5.82 Å². The van der Waals surface area contributed by atoms with E-state index in [1.165, 1.54) is 12.5 Å². The molecule has 1 fully saturated rings. The predicted molar refractivity (Wildman–Crippen MR) is 72.8 cm³/mol. The fourth-order valence-corrected chi connectivity index (χ4v) is 2.67. The van der Waals surface area contributed by atoms with Crippen molar-refractivity contribution in [1.29, 1.82) is 0 Å². The molecule has 2 N–H and O–H groups in total. The van der Waals surface area contributed by atoms with E-state index < -0.39 is 0 Å². The molecule has 2 nitrogen and oxygen atoms in total. The van der Waals surface area contributed by atoms with E-state index in [9.17, 15) is 4.39 Å². The number of aryl methyl sites for hydroxylation is 1. The Morgan fingerprint density at radius 3 is 2.72 bits per heavy atom. The van der Waals surface area contributed by atoms with Gasteiger partial charge in [0.05, 0.1) is 0 Å². The molecule has 1 aromatic rings. The highest BCUT2D eigenvalue weighted by Crippen LogP contribution is 2.39. The monoisotopic (exact) mass is 250 g/mol. The Labute approximate surface area is 109 Å². The fourth-order valence-electron chi connectivity index (χ4n) is 2.67. The van der Waals surface area contributed by atoms with Crippen LogP contribution in [0.4, 0.5) is 4.39 Å². The smallest absolute Gasteiger partial charge is 0.123 e. The molecule has 1 aliphatic rings. The van der Waals surface area contributed by atoms with Gasteiger partial charge in [-0.1, -0.05) is 13.0 Å². The zero-order chi connectivity index (χ0) is 13.3. The van der Waals surface area contributed by atoms with E-state index in [0.29, 0.717) is 6.54 Å². The lowest BCUT2D eigenvalue weighted by molar-refractivity contribution is 0.236. The van der Waals surface area contributed by atoms with Gasteiger partial charge in [0.2, 0.25) is 0 Å². The summed E-state index contributed by atoms with van der Waals surface area (Å²) in [6, 6.07) is 5.09. The first-order valence-electron chi connectivity index (χ1n) is 6.69. The third kappa shape index (κ3) is 2.90. The first kappa shape index (κ1) is 13.5. The molecule has 1 aromatic carbocycles. The molecule has 0 radical (unpaired) electrons. The van der Waals surface area contributed by atoms with Crippen molar-refractivity contribution in [3.63, 3.8) is 0 Å². The largest absolute Gasteiger partial charge is 0.329 e. The molecule has 0 aromatic heterocycles. The van der Waals surface area contributed by atoms with Gasteiger partial charge in [-0.15, -0.1) is 0 Å². The highest BCUT2D eigenvalue weighted by molar-refractivity contribution is 5.30. The number of nitrogens with zero attached hydrogens (tertiary/aromatic N) is 1. The van der Waals surface area contributed by atoms with Crippen molar-refractivity contribution in [2.45, 2.75) is 26.3 Å². The van der Waals surface area contributed by atoms with E-state index in [4.69, 9.17) is 5.73 Å². The van der Waals surface area contributed by atoms with Crippen LogP contribution < -0.4 is 5.73 Å². The number of nitrogens with two attached hydrogens (primary N) is 1. The Bertz CT molecular complexity index is 419. The van der Waals surface area contributed by atoms with Gasteiger partial charge in [-0.05, 0) is 55.5 Å². The molecule has 0 spiro atoms. The first-order chi connectivity index (χ1) is 8.52. The first-order valence-corrected chi connectivity index (χ1v) is 6.69. The number of hydrogen-bond donors (Lipinski definition) is 1. The zero-order valence-corrected chi connectivity index (χ0v) is 11.5. The minimum Gasteiger partial charge on any atom is -0.329 e. The quantitative estimate of drug-likeness (QED) is 0.870. The number of rotatable bonds is 5. The molecule has 3 unspecified atom stereocenters. The molecule has 18 heavy (non-hydrogen) atoms. The molecule has 3 heteroatoms. The van der Waals surface area contributed by atoms with E-state index in [-0.39, 0.29) is 11.9 Å². The summed E-state index contributed by atoms with van der Waals surface area (Å²) >= 11 is 0. The van der Waals surface area contributed by atoms with Gasteiger partial charge in [-0.25, -0.2) is 4.39 Å². The lowest BCUT2D eigenvalue weighted by Gasteiger charge is -2.28. The van der Waals surface area contributed by atoms with Gasteiger partial charge < -0.3 is 5.73 Å². The second kappa shape index (κ2) is 5.37. The van der Waals surface area contributed by atoms with Crippen LogP contribution in [0.25, 0.3) is 0 Å². The molecule has 0 amide bonds. The Balaban J connectivity index is 2.13. The average molecular weight is 250 g/mol. The van der Waals surface area contributed by atoms with Crippen LogP contribution in [0.2, 0.25) is 0 Å². The van der Waals surface area contributed by atoms with Crippen LogP contribution in [0.15, 0.2) is 18.2 Å². The molecule has 0 heterocycles. The molecule has 100 valence electrons. The summed E-state index contributed by atoms with van der Waals surface area (Å²) in [4.78, 5) is 2.27. The minimum atomic E-state index is -0.178. The molecular weight excluding hydrogens is 227 g/mol. The maximum atomic E-state index is 13.4. The van der Waals surface area contributed by atoms with Gasteiger partial charge in [0, 0.05) is 19.1 Å². The fraction of sp³-hybridized carbons (Fsp3) is 0.600. The average Bonchev–Trinajstić information content (AvgIpc) is 3.00. The Morgan fingerprint density at radius 2 is 2.17 bits per heavy atom. The highest BCUT2D eigenvalue weighted by atomic mass is 19.1. The van der Waals surface area contributed by atoms with E-state index >= 15 is 0 Å². The Hall–Kier alpha value is -0.930. The van der Waals surface area contributed by atoms with Crippen molar-refractivity contribution < 1.29 is 4.39 Å². The number of benzene rings is 1. The maximum absolute atomic E-state index is 13.4. The summed E-state index contributed by atoms with van der Waals surface area (Å²) in [5.74, 6) is 1.44. The van der Waals surface area contributed by atoms with Gasteiger partial charge in [0.25, 0.3) is 0 Å². The van der Waals surface area contributed by atoms with Crippen molar-refractivity contribution in [2.24, 2.45) is 17.6 Å². The minimum absolute atomic E-state index is 0.119. The summed E-state index contributed by atoms with van der Waals surface area (Å²) in [5, 5.41) is 0. The number of likely N-dealkylation sites (N-methyl/N-ethyl adjacent to an activating group) is 1. The summed E-state index contributed by atoms with van der Waals surface area (Å²) in [5.41, 5.74) is 8.03. The second-order valence-corrected chi connectivity index (χ2v) is 5.67. The number of hydrogen-bond acceptors (Lipinski definition) is 2. The van der Waals surface area contributed by atoms with Crippen LogP contribution in [-0.2, 0) is 0 Å². The van der Waals surface area contributed by atoms with Crippen molar-refractivity contribution in [3.8, 4) is 0 Å². The topological polar surface area (TPSA) is 29.3 Å². The van der Waals surface area contributed by atoms with Crippen LogP contribution in [0, 0.1) is 24.6 Å². The van der Waals surface area contributed by atoms with Crippen molar-refractivity contribution >= 4 is 0 Å². The van der Waals surface area contributed by atoms with Gasteiger partial charge >= 0.3 is 0 Å². The van der Waals surface area contributed by atoms with E-state index in [1.807, 2.05) is 13.0 Å². The lowest BCUT2D eigenvalue weighted by atomic mass is 9.99. The van der Waals surface area contributed by atoms with Crippen molar-refractivity contribution in [2.75, 3.05) is 20.1 Å². The third-order valence-electron chi connectivity index (χ3n) is 4.15. The lowest BCUT2D eigenvalue weighted by Crippen LogP contribution is -2.32. The zero-order valence-electron chi connectivity index (χ0n) is 11.5. The molecular formula is C15H23FN2. The van der Waals surface area contributed by atoms with Crippen LogP contribution in [0.1, 0.15) is 30.5 Å². The highest BCUT2D eigenvalue weighted by Gasteiger charge is 2.34. The molecule has 0 aliphatic heterocycles. The third-order valence-corrected chi connectivity index (χ3v) is 4.15.